The molecule has 2 aromatic carbocycles. The standard InChI is InChI=1S/C13H11Cl2NO2.C12H9Cl2NO2/c1-8-9(6-7-17-2)13(16-18-8)12-10(14)4-3-5-11(12)15;1-7-8(5-6-16)12(15-17-7)11-9(13)3-2-4-10(11)14/h3-7H,1-2H3;2-4,6H,5H2,1H3/b7-6+;. The lowest BCUT2D eigenvalue weighted by Crippen LogP contribution is -1.91. The van der Waals surface area contributed by atoms with E-state index >= 15 is 0 Å². The molecule has 0 bridgehead atoms. The molecule has 2 heterocycles. The van der Waals surface area contributed by atoms with Crippen molar-refractivity contribution in [1.82, 2.24) is 10.3 Å². The number of ether oxygens (including phenoxy) is 1. The zero-order valence-electron chi connectivity index (χ0n) is 18.9. The van der Waals surface area contributed by atoms with Gasteiger partial charge < -0.3 is 18.6 Å². The van der Waals surface area contributed by atoms with Crippen molar-refractivity contribution in [3.63, 3.8) is 0 Å². The largest absolute Gasteiger partial charge is 0.504 e. The normalized spacial score (nSPS) is 10.8. The third-order valence-electron chi connectivity index (χ3n) is 4.95. The highest BCUT2D eigenvalue weighted by molar-refractivity contribution is 6.39. The zero-order valence-corrected chi connectivity index (χ0v) is 22.0. The van der Waals surface area contributed by atoms with E-state index in [0.29, 0.717) is 54.1 Å². The van der Waals surface area contributed by atoms with Gasteiger partial charge in [0, 0.05) is 28.7 Å². The van der Waals surface area contributed by atoms with Gasteiger partial charge in [0.1, 0.15) is 29.2 Å². The van der Waals surface area contributed by atoms with Crippen LogP contribution in [0.5, 0.6) is 0 Å². The Morgan fingerprint density at radius 3 is 1.83 bits per heavy atom. The topological polar surface area (TPSA) is 78.4 Å². The van der Waals surface area contributed by atoms with Gasteiger partial charge in [-0.3, -0.25) is 0 Å². The van der Waals surface area contributed by atoms with Crippen LogP contribution in [0.2, 0.25) is 20.1 Å². The molecule has 0 unspecified atom stereocenters. The molecule has 2 aromatic heterocycles. The molecule has 0 fully saturated rings. The van der Waals surface area contributed by atoms with E-state index in [-0.39, 0.29) is 6.42 Å². The van der Waals surface area contributed by atoms with Crippen molar-refractivity contribution in [2.75, 3.05) is 7.11 Å². The van der Waals surface area contributed by atoms with Crippen LogP contribution in [0.3, 0.4) is 0 Å². The Balaban J connectivity index is 0.000000196. The molecule has 0 aliphatic rings. The lowest BCUT2D eigenvalue weighted by atomic mass is 10.0. The van der Waals surface area contributed by atoms with Crippen molar-refractivity contribution in [2.24, 2.45) is 0 Å². The monoisotopic (exact) mass is 552 g/mol. The van der Waals surface area contributed by atoms with Crippen LogP contribution in [0.4, 0.5) is 0 Å². The van der Waals surface area contributed by atoms with E-state index in [2.05, 4.69) is 10.3 Å². The van der Waals surface area contributed by atoms with E-state index in [0.717, 1.165) is 17.4 Å². The van der Waals surface area contributed by atoms with Gasteiger partial charge in [-0.15, -0.1) is 0 Å². The third-order valence-corrected chi connectivity index (χ3v) is 6.21. The Morgan fingerprint density at radius 1 is 0.829 bits per heavy atom. The van der Waals surface area contributed by atoms with E-state index in [9.17, 15) is 4.79 Å². The molecular weight excluding hydrogens is 534 g/mol. The fraction of sp³-hybridized carbons (Fsp3) is 0.160. The lowest BCUT2D eigenvalue weighted by Gasteiger charge is -2.04. The third kappa shape index (κ3) is 6.08. The highest BCUT2D eigenvalue weighted by atomic mass is 35.5. The minimum absolute atomic E-state index is 0.228. The van der Waals surface area contributed by atoms with Crippen molar-refractivity contribution < 1.29 is 18.6 Å². The second kappa shape index (κ2) is 12.3. The molecule has 182 valence electrons. The van der Waals surface area contributed by atoms with Gasteiger partial charge in [-0.1, -0.05) is 68.8 Å². The number of methoxy groups -OCH3 is 1. The van der Waals surface area contributed by atoms with Gasteiger partial charge in [-0.2, -0.15) is 0 Å². The van der Waals surface area contributed by atoms with Gasteiger partial charge in [0.05, 0.1) is 33.5 Å². The molecule has 4 rings (SSSR count). The first-order valence-electron chi connectivity index (χ1n) is 10.2. The van der Waals surface area contributed by atoms with Gasteiger partial charge in [-0.05, 0) is 44.2 Å². The van der Waals surface area contributed by atoms with Gasteiger partial charge >= 0.3 is 0 Å². The van der Waals surface area contributed by atoms with E-state index in [1.807, 2.05) is 6.92 Å². The molecule has 6 nitrogen and oxygen atoms in total. The molecule has 0 aliphatic heterocycles. The van der Waals surface area contributed by atoms with Crippen LogP contribution in [0.15, 0.2) is 51.7 Å². The molecule has 0 saturated heterocycles. The minimum atomic E-state index is 0.228. The summed E-state index contributed by atoms with van der Waals surface area (Å²) in [6, 6.07) is 10.5. The van der Waals surface area contributed by atoms with Crippen LogP contribution in [0.25, 0.3) is 28.6 Å². The smallest absolute Gasteiger partial charge is 0.141 e. The van der Waals surface area contributed by atoms with Crippen LogP contribution in [-0.2, 0) is 16.0 Å². The summed E-state index contributed by atoms with van der Waals surface area (Å²) in [6.07, 6.45) is 4.34. The molecule has 10 heteroatoms. The summed E-state index contributed by atoms with van der Waals surface area (Å²) in [5.41, 5.74) is 3.92. The Hall–Kier alpha value is -2.77. The fourth-order valence-electron chi connectivity index (χ4n) is 3.25. The van der Waals surface area contributed by atoms with Gasteiger partial charge in [0.15, 0.2) is 0 Å². The molecule has 0 aliphatic carbocycles. The van der Waals surface area contributed by atoms with Crippen LogP contribution in [-0.4, -0.2) is 23.7 Å². The number of nitrogens with zero attached hydrogens (tertiary/aromatic N) is 2. The summed E-state index contributed by atoms with van der Waals surface area (Å²) in [7, 11) is 1.57. The zero-order chi connectivity index (χ0) is 25.5. The molecular formula is C25H20Cl4N2O4. The van der Waals surface area contributed by atoms with E-state index in [4.69, 9.17) is 60.2 Å². The molecule has 0 radical (unpaired) electrons. The van der Waals surface area contributed by atoms with Crippen molar-refractivity contribution >= 4 is 58.8 Å². The summed E-state index contributed by atoms with van der Waals surface area (Å²) < 4.78 is 15.2. The maximum atomic E-state index is 10.6. The first-order chi connectivity index (χ1) is 16.8. The van der Waals surface area contributed by atoms with Crippen LogP contribution >= 0.6 is 46.4 Å². The molecule has 0 saturated carbocycles. The highest BCUT2D eigenvalue weighted by Gasteiger charge is 2.19. The second-order valence-corrected chi connectivity index (χ2v) is 8.80. The van der Waals surface area contributed by atoms with E-state index in [1.54, 1.807) is 62.8 Å². The average Bonchev–Trinajstić information content (AvgIpc) is 3.35. The molecule has 0 amide bonds. The molecule has 4 aromatic rings. The number of halogens is 4. The summed E-state index contributed by atoms with van der Waals surface area (Å²) in [4.78, 5) is 10.6. The fourth-order valence-corrected chi connectivity index (χ4v) is 4.40. The lowest BCUT2D eigenvalue weighted by molar-refractivity contribution is -0.107. The van der Waals surface area contributed by atoms with E-state index < -0.39 is 0 Å². The highest BCUT2D eigenvalue weighted by Crippen LogP contribution is 2.38. The van der Waals surface area contributed by atoms with E-state index in [1.165, 1.54) is 0 Å². The van der Waals surface area contributed by atoms with Crippen LogP contribution in [0.1, 0.15) is 22.6 Å². The summed E-state index contributed by atoms with van der Waals surface area (Å²) in [5, 5.41) is 9.96. The predicted octanol–water partition coefficient (Wildman–Crippen LogP) is 8.27. The number of aromatic nitrogens is 2. The summed E-state index contributed by atoms with van der Waals surface area (Å²) >= 11 is 24.5. The van der Waals surface area contributed by atoms with Crippen LogP contribution in [0, 0.1) is 13.8 Å². The number of hydrogen-bond acceptors (Lipinski definition) is 6. The van der Waals surface area contributed by atoms with Gasteiger partial charge in [0.2, 0.25) is 0 Å². The number of rotatable bonds is 6. The first kappa shape index (κ1) is 26.8. The van der Waals surface area contributed by atoms with Crippen LogP contribution < -0.4 is 0 Å². The molecule has 0 atom stereocenters. The van der Waals surface area contributed by atoms with Gasteiger partial charge in [0.25, 0.3) is 0 Å². The Kier molecular flexibility index (Phi) is 9.40. The number of aldehydes is 1. The quantitative estimate of drug-likeness (QED) is 0.176. The number of aryl methyl sites for hydroxylation is 2. The summed E-state index contributed by atoms with van der Waals surface area (Å²) in [5.74, 6) is 1.28. The Bertz CT molecular complexity index is 1320. The number of hydrogen-bond donors (Lipinski definition) is 0. The average molecular weight is 554 g/mol. The van der Waals surface area contributed by atoms with Crippen molar-refractivity contribution in [2.45, 2.75) is 20.3 Å². The first-order valence-corrected chi connectivity index (χ1v) is 11.7. The number of carbonyl (C=O) groups is 1. The summed E-state index contributed by atoms with van der Waals surface area (Å²) in [6.45, 7) is 3.57. The van der Waals surface area contributed by atoms with Crippen molar-refractivity contribution in [3.8, 4) is 22.5 Å². The van der Waals surface area contributed by atoms with Crippen molar-refractivity contribution in [1.29, 1.82) is 0 Å². The second-order valence-electron chi connectivity index (χ2n) is 7.17. The molecule has 0 N–H and O–H groups in total. The number of carbonyl (C=O) groups excluding carboxylic acids is 1. The maximum absolute atomic E-state index is 10.6. The Labute approximate surface area is 222 Å². The molecule has 35 heavy (non-hydrogen) atoms. The SMILES string of the molecule is CO/C=C/c1c(-c2c(Cl)cccc2Cl)noc1C.Cc1onc(-c2c(Cl)cccc2Cl)c1CC=O. The van der Waals surface area contributed by atoms with Gasteiger partial charge in [-0.25, -0.2) is 0 Å². The number of benzene rings is 2. The Morgan fingerprint density at radius 2 is 1.31 bits per heavy atom. The maximum Gasteiger partial charge on any atom is 0.141 e. The van der Waals surface area contributed by atoms with Crippen molar-refractivity contribution in [3.05, 3.63) is 85.4 Å². The minimum Gasteiger partial charge on any atom is -0.504 e. The molecule has 0 spiro atoms. The predicted molar refractivity (Wildman–Crippen MR) is 139 cm³/mol.